The van der Waals surface area contributed by atoms with Crippen LogP contribution in [0.15, 0.2) is 0 Å². The fourth-order valence-corrected chi connectivity index (χ4v) is 3.67. The molecule has 0 aliphatic carbocycles. The van der Waals surface area contributed by atoms with E-state index in [1.54, 1.807) is 7.05 Å². The lowest BCUT2D eigenvalue weighted by Crippen LogP contribution is -2.44. The van der Waals surface area contributed by atoms with Crippen LogP contribution in [0.2, 0.25) is 0 Å². The van der Waals surface area contributed by atoms with Gasteiger partial charge in [-0.3, -0.25) is 4.90 Å². The number of amides is 1. The zero-order valence-corrected chi connectivity index (χ0v) is 21.3. The molecule has 5 nitrogen and oxygen atoms in total. The molecule has 186 valence electrons. The van der Waals surface area contributed by atoms with Crippen molar-refractivity contribution in [3.8, 4) is 12.3 Å². The molecule has 0 aromatic heterocycles. The number of ether oxygens (including phenoxy) is 2. The van der Waals surface area contributed by atoms with Crippen LogP contribution in [0.5, 0.6) is 0 Å². The van der Waals surface area contributed by atoms with Gasteiger partial charge in [0, 0.05) is 13.5 Å². The average Bonchev–Trinajstić information content (AvgIpc) is 2.77. The summed E-state index contributed by atoms with van der Waals surface area (Å²) in [6, 6.07) is -0.629. The Bertz CT molecular complexity index is 512. The molecule has 0 saturated carbocycles. The smallest absolute Gasteiger partial charge is 0.410 e. The van der Waals surface area contributed by atoms with Crippen LogP contribution in [0.1, 0.15) is 117 Å². The van der Waals surface area contributed by atoms with E-state index in [1.807, 2.05) is 13.8 Å². The fourth-order valence-electron chi connectivity index (χ4n) is 3.67. The first kappa shape index (κ1) is 30.3. The zero-order valence-electron chi connectivity index (χ0n) is 21.3. The van der Waals surface area contributed by atoms with Crippen LogP contribution in [-0.4, -0.2) is 43.3 Å². The van der Waals surface area contributed by atoms with Crippen molar-refractivity contribution in [2.45, 2.75) is 123 Å². The Morgan fingerprint density at radius 2 is 1.31 bits per heavy atom. The van der Waals surface area contributed by atoms with Gasteiger partial charge in [0.2, 0.25) is 0 Å². The highest BCUT2D eigenvalue weighted by Crippen LogP contribution is 2.15. The summed E-state index contributed by atoms with van der Waals surface area (Å²) < 4.78 is 10.6. The summed E-state index contributed by atoms with van der Waals surface area (Å²) in [7, 11) is 1.58. The van der Waals surface area contributed by atoms with Crippen LogP contribution in [0.4, 0.5) is 4.79 Å². The van der Waals surface area contributed by atoms with E-state index in [0.29, 0.717) is 19.4 Å². The van der Waals surface area contributed by atoms with Crippen molar-refractivity contribution in [3.63, 3.8) is 0 Å². The Hall–Kier alpha value is -1.70. The number of carbonyl (C=O) groups is 2. The summed E-state index contributed by atoms with van der Waals surface area (Å²) in [6.07, 6.45) is 22.2. The van der Waals surface area contributed by atoms with Crippen molar-refractivity contribution in [1.29, 1.82) is 0 Å². The highest BCUT2D eigenvalue weighted by atomic mass is 16.6. The summed E-state index contributed by atoms with van der Waals surface area (Å²) in [6.45, 7) is 6.86. The third kappa shape index (κ3) is 16.9. The van der Waals surface area contributed by atoms with E-state index >= 15 is 0 Å². The molecule has 0 aliphatic rings. The zero-order chi connectivity index (χ0) is 24.0. The van der Waals surface area contributed by atoms with Gasteiger partial charge in [-0.2, -0.15) is 0 Å². The minimum absolute atomic E-state index is 0.155. The van der Waals surface area contributed by atoms with Crippen LogP contribution in [0.3, 0.4) is 0 Å². The number of rotatable bonds is 20. The summed E-state index contributed by atoms with van der Waals surface area (Å²) in [5, 5.41) is 0. The summed E-state index contributed by atoms with van der Waals surface area (Å²) in [5.41, 5.74) is 0. The molecule has 0 saturated heterocycles. The van der Waals surface area contributed by atoms with Crippen LogP contribution < -0.4 is 0 Å². The predicted molar refractivity (Wildman–Crippen MR) is 132 cm³/mol. The standard InChI is InChI=1S/C27H49NO4/c1-6-8-10-11-12-13-14-15-16-17-18-19-20-22-31-26(29)25(23-24(3)4)28(5)27(30)32-21-9-7-2/h2,24-25H,6,8-23H2,1,3-5H3/t25-/m0/s1. The predicted octanol–water partition coefficient (Wildman–Crippen LogP) is 7.13. The maximum absolute atomic E-state index is 12.6. The molecule has 5 heteroatoms. The molecule has 1 atom stereocenters. The van der Waals surface area contributed by atoms with Crippen molar-refractivity contribution in [3.05, 3.63) is 0 Å². The van der Waals surface area contributed by atoms with Gasteiger partial charge in [0.15, 0.2) is 0 Å². The molecular weight excluding hydrogens is 402 g/mol. The molecule has 0 aromatic rings. The van der Waals surface area contributed by atoms with Crippen LogP contribution >= 0.6 is 0 Å². The second kappa shape index (κ2) is 21.2. The fraction of sp³-hybridized carbons (Fsp3) is 0.852. The van der Waals surface area contributed by atoms with E-state index in [4.69, 9.17) is 15.9 Å². The van der Waals surface area contributed by atoms with E-state index < -0.39 is 12.1 Å². The molecular formula is C27H49NO4. The lowest BCUT2D eigenvalue weighted by atomic mass is 10.0. The van der Waals surface area contributed by atoms with E-state index in [1.165, 1.54) is 75.5 Å². The van der Waals surface area contributed by atoms with E-state index in [9.17, 15) is 9.59 Å². The molecule has 0 aromatic carbocycles. The van der Waals surface area contributed by atoms with Crippen molar-refractivity contribution in [1.82, 2.24) is 4.90 Å². The van der Waals surface area contributed by atoms with Gasteiger partial charge in [0.05, 0.1) is 6.61 Å². The number of hydrogen-bond donors (Lipinski definition) is 0. The molecule has 0 heterocycles. The molecule has 0 spiro atoms. The normalized spacial score (nSPS) is 11.8. The number of esters is 1. The third-order valence-corrected chi connectivity index (χ3v) is 5.69. The summed E-state index contributed by atoms with van der Waals surface area (Å²) in [4.78, 5) is 26.1. The minimum Gasteiger partial charge on any atom is -0.464 e. The maximum atomic E-state index is 12.6. The summed E-state index contributed by atoms with van der Waals surface area (Å²) >= 11 is 0. The molecule has 0 N–H and O–H groups in total. The molecule has 0 aliphatic heterocycles. The quantitative estimate of drug-likeness (QED) is 0.112. The Morgan fingerprint density at radius 1 is 0.812 bits per heavy atom. The first-order valence-corrected chi connectivity index (χ1v) is 12.9. The molecule has 0 radical (unpaired) electrons. The molecule has 0 fully saturated rings. The number of unbranched alkanes of at least 4 members (excludes halogenated alkanes) is 12. The van der Waals surface area contributed by atoms with Gasteiger partial charge >= 0.3 is 12.1 Å². The molecule has 0 bridgehead atoms. The second-order valence-corrected chi connectivity index (χ2v) is 9.23. The van der Waals surface area contributed by atoms with Gasteiger partial charge < -0.3 is 9.47 Å². The highest BCUT2D eigenvalue weighted by molar-refractivity contribution is 5.81. The number of nitrogens with zero attached hydrogens (tertiary/aromatic N) is 1. The Labute approximate surface area is 198 Å². The SMILES string of the molecule is C#CCCOC(=O)N(C)[C@@H](CC(C)C)C(=O)OCCCCCCCCCCCCCCC. The number of likely N-dealkylation sites (N-methyl/N-ethyl adjacent to an activating group) is 1. The van der Waals surface area contributed by atoms with Gasteiger partial charge in [-0.1, -0.05) is 97.8 Å². The first-order valence-electron chi connectivity index (χ1n) is 12.9. The van der Waals surface area contributed by atoms with Crippen molar-refractivity contribution >= 4 is 12.1 Å². The van der Waals surface area contributed by atoms with Gasteiger partial charge in [0.1, 0.15) is 12.6 Å². The number of carbonyl (C=O) groups excluding carboxylic acids is 2. The second-order valence-electron chi connectivity index (χ2n) is 9.23. The Kier molecular flexibility index (Phi) is 20.0. The molecule has 0 rings (SSSR count). The number of hydrogen-bond acceptors (Lipinski definition) is 4. The van der Waals surface area contributed by atoms with Crippen LogP contribution in [-0.2, 0) is 14.3 Å². The van der Waals surface area contributed by atoms with Crippen molar-refractivity contribution in [2.75, 3.05) is 20.3 Å². The van der Waals surface area contributed by atoms with Crippen LogP contribution in [0, 0.1) is 18.3 Å². The molecule has 1 amide bonds. The lowest BCUT2D eigenvalue weighted by Gasteiger charge is -2.27. The topological polar surface area (TPSA) is 55.8 Å². The van der Waals surface area contributed by atoms with E-state index in [2.05, 4.69) is 12.8 Å². The summed E-state index contributed by atoms with van der Waals surface area (Å²) in [5.74, 6) is 2.33. The lowest BCUT2D eigenvalue weighted by molar-refractivity contribution is -0.149. The minimum atomic E-state index is -0.629. The van der Waals surface area contributed by atoms with E-state index in [0.717, 1.165) is 12.8 Å². The Balaban J connectivity index is 3.92. The van der Waals surface area contributed by atoms with Crippen molar-refractivity contribution < 1.29 is 19.1 Å². The van der Waals surface area contributed by atoms with E-state index in [-0.39, 0.29) is 18.5 Å². The molecule has 32 heavy (non-hydrogen) atoms. The third-order valence-electron chi connectivity index (χ3n) is 5.69. The Morgan fingerprint density at radius 3 is 1.78 bits per heavy atom. The van der Waals surface area contributed by atoms with Gasteiger partial charge in [0.25, 0.3) is 0 Å². The monoisotopic (exact) mass is 451 g/mol. The largest absolute Gasteiger partial charge is 0.464 e. The first-order chi connectivity index (χ1) is 15.4. The van der Waals surface area contributed by atoms with Gasteiger partial charge in [-0.15, -0.1) is 12.3 Å². The average molecular weight is 452 g/mol. The maximum Gasteiger partial charge on any atom is 0.410 e. The van der Waals surface area contributed by atoms with Crippen LogP contribution in [0.25, 0.3) is 0 Å². The highest BCUT2D eigenvalue weighted by Gasteiger charge is 2.29. The number of terminal acetylenes is 1. The van der Waals surface area contributed by atoms with Crippen molar-refractivity contribution in [2.24, 2.45) is 5.92 Å². The van der Waals surface area contributed by atoms with Gasteiger partial charge in [-0.25, -0.2) is 9.59 Å². The molecule has 0 unspecified atom stereocenters. The van der Waals surface area contributed by atoms with Gasteiger partial charge in [-0.05, 0) is 18.8 Å².